The van der Waals surface area contributed by atoms with E-state index in [9.17, 15) is 5.21 Å². The lowest BCUT2D eigenvalue weighted by molar-refractivity contribution is -0.127. The standard InChI is InChI=1S/C24H48N2O/c1-3-5-6-7-8-9-10-11-12-13-14-15-16-17-18-19-20-24-25(21-4-2)22-23-26(24)27/h11-12,24,27H,3-10,13-23H2,1-2H3. The van der Waals surface area contributed by atoms with Crippen molar-refractivity contribution < 1.29 is 5.21 Å². The van der Waals surface area contributed by atoms with Crippen LogP contribution in [-0.4, -0.2) is 41.0 Å². The Morgan fingerprint density at radius 2 is 1.26 bits per heavy atom. The van der Waals surface area contributed by atoms with Crippen molar-refractivity contribution in [3.8, 4) is 0 Å². The Morgan fingerprint density at radius 3 is 1.85 bits per heavy atom. The summed E-state index contributed by atoms with van der Waals surface area (Å²) in [6.45, 7) is 7.47. The highest BCUT2D eigenvalue weighted by Gasteiger charge is 2.29. The minimum absolute atomic E-state index is 0.279. The predicted molar refractivity (Wildman–Crippen MR) is 118 cm³/mol. The van der Waals surface area contributed by atoms with Gasteiger partial charge in [-0.25, -0.2) is 0 Å². The van der Waals surface area contributed by atoms with Gasteiger partial charge in [-0.3, -0.25) is 4.90 Å². The van der Waals surface area contributed by atoms with Crippen molar-refractivity contribution in [1.82, 2.24) is 9.96 Å². The second kappa shape index (κ2) is 17.7. The topological polar surface area (TPSA) is 26.7 Å². The third kappa shape index (κ3) is 12.6. The molecule has 160 valence electrons. The minimum Gasteiger partial charge on any atom is -0.312 e. The molecule has 1 fully saturated rings. The van der Waals surface area contributed by atoms with Crippen LogP contribution in [0.5, 0.6) is 0 Å². The van der Waals surface area contributed by atoms with Gasteiger partial charge in [0, 0.05) is 13.1 Å². The number of nitrogens with zero attached hydrogens (tertiary/aromatic N) is 2. The van der Waals surface area contributed by atoms with Crippen molar-refractivity contribution in [1.29, 1.82) is 0 Å². The average Bonchev–Trinajstić information content (AvgIpc) is 3.01. The van der Waals surface area contributed by atoms with Crippen molar-refractivity contribution in [2.24, 2.45) is 0 Å². The molecular weight excluding hydrogens is 332 g/mol. The summed E-state index contributed by atoms with van der Waals surface area (Å²) in [5, 5.41) is 11.6. The van der Waals surface area contributed by atoms with E-state index >= 15 is 0 Å². The number of hydroxylamine groups is 2. The summed E-state index contributed by atoms with van der Waals surface area (Å²) in [5.74, 6) is 0. The van der Waals surface area contributed by atoms with Gasteiger partial charge in [-0.05, 0) is 45.1 Å². The van der Waals surface area contributed by atoms with Crippen molar-refractivity contribution in [2.75, 3.05) is 19.6 Å². The van der Waals surface area contributed by atoms with Crippen molar-refractivity contribution >= 4 is 0 Å². The molecule has 1 N–H and O–H groups in total. The first kappa shape index (κ1) is 24.7. The van der Waals surface area contributed by atoms with Gasteiger partial charge in [0.25, 0.3) is 0 Å². The highest BCUT2D eigenvalue weighted by Crippen LogP contribution is 2.19. The Labute approximate surface area is 170 Å². The molecule has 3 nitrogen and oxygen atoms in total. The first-order valence-electron chi connectivity index (χ1n) is 12.1. The fraction of sp³-hybridized carbons (Fsp3) is 0.917. The number of allylic oxidation sites excluding steroid dienone is 2. The molecule has 1 aliphatic rings. The molecule has 1 rings (SSSR count). The van der Waals surface area contributed by atoms with Crippen LogP contribution < -0.4 is 0 Å². The lowest BCUT2D eigenvalue weighted by Crippen LogP contribution is -2.37. The molecule has 1 unspecified atom stereocenters. The average molecular weight is 381 g/mol. The van der Waals surface area contributed by atoms with Crippen molar-refractivity contribution in [3.63, 3.8) is 0 Å². The maximum atomic E-state index is 10.00. The second-order valence-corrected chi connectivity index (χ2v) is 8.41. The monoisotopic (exact) mass is 380 g/mol. The van der Waals surface area contributed by atoms with Crippen LogP contribution in [0.3, 0.4) is 0 Å². The first-order valence-corrected chi connectivity index (χ1v) is 12.1. The van der Waals surface area contributed by atoms with E-state index in [-0.39, 0.29) is 6.17 Å². The molecule has 0 saturated carbocycles. The zero-order valence-electron chi connectivity index (χ0n) is 18.5. The van der Waals surface area contributed by atoms with E-state index in [4.69, 9.17) is 0 Å². The van der Waals surface area contributed by atoms with Crippen LogP contribution in [0.25, 0.3) is 0 Å². The predicted octanol–water partition coefficient (Wildman–Crippen LogP) is 7.16. The molecule has 0 spiro atoms. The molecule has 3 heteroatoms. The Morgan fingerprint density at radius 1 is 0.704 bits per heavy atom. The van der Waals surface area contributed by atoms with E-state index in [1.165, 1.54) is 96.3 Å². The molecule has 0 bridgehead atoms. The van der Waals surface area contributed by atoms with Crippen LogP contribution in [0, 0.1) is 0 Å². The Bertz CT molecular complexity index is 343. The maximum absolute atomic E-state index is 10.00. The molecular formula is C24H48N2O. The van der Waals surface area contributed by atoms with E-state index in [2.05, 4.69) is 30.9 Å². The van der Waals surface area contributed by atoms with Gasteiger partial charge in [0.1, 0.15) is 0 Å². The van der Waals surface area contributed by atoms with Crippen LogP contribution >= 0.6 is 0 Å². The van der Waals surface area contributed by atoms with E-state index in [0.717, 1.165) is 26.1 Å². The van der Waals surface area contributed by atoms with Crippen molar-refractivity contribution in [3.05, 3.63) is 12.2 Å². The molecule has 1 heterocycles. The van der Waals surface area contributed by atoms with E-state index in [0.29, 0.717) is 0 Å². The molecule has 0 radical (unpaired) electrons. The molecule has 0 aromatic carbocycles. The van der Waals surface area contributed by atoms with Gasteiger partial charge < -0.3 is 5.21 Å². The Hall–Kier alpha value is -0.380. The number of hydrogen-bond donors (Lipinski definition) is 1. The summed E-state index contributed by atoms with van der Waals surface area (Å²) in [6.07, 6.45) is 26.4. The van der Waals surface area contributed by atoms with Gasteiger partial charge in [0.15, 0.2) is 0 Å². The van der Waals surface area contributed by atoms with E-state index in [1.54, 1.807) is 5.06 Å². The normalized spacial score (nSPS) is 18.9. The van der Waals surface area contributed by atoms with Crippen LogP contribution in [0.4, 0.5) is 0 Å². The lowest BCUT2D eigenvalue weighted by Gasteiger charge is -2.26. The molecule has 1 atom stereocenters. The summed E-state index contributed by atoms with van der Waals surface area (Å²) in [5.41, 5.74) is 0. The zero-order chi connectivity index (χ0) is 19.6. The SMILES string of the molecule is CCCCCCCCC=CCCCCCCCCC1N(O)CCN1CCC. The fourth-order valence-electron chi connectivity index (χ4n) is 4.17. The summed E-state index contributed by atoms with van der Waals surface area (Å²) < 4.78 is 0. The summed E-state index contributed by atoms with van der Waals surface area (Å²) >= 11 is 0. The minimum atomic E-state index is 0.279. The van der Waals surface area contributed by atoms with Crippen LogP contribution in [0.2, 0.25) is 0 Å². The van der Waals surface area contributed by atoms with Gasteiger partial charge in [-0.2, -0.15) is 5.06 Å². The van der Waals surface area contributed by atoms with E-state index < -0.39 is 0 Å². The first-order chi connectivity index (χ1) is 13.3. The van der Waals surface area contributed by atoms with Gasteiger partial charge in [0.05, 0.1) is 6.17 Å². The molecule has 0 aromatic rings. The van der Waals surface area contributed by atoms with Gasteiger partial charge in [0.2, 0.25) is 0 Å². The second-order valence-electron chi connectivity index (χ2n) is 8.41. The van der Waals surface area contributed by atoms with Gasteiger partial charge in [-0.15, -0.1) is 0 Å². The molecule has 1 aliphatic heterocycles. The van der Waals surface area contributed by atoms with Crippen LogP contribution in [-0.2, 0) is 0 Å². The number of hydrogen-bond acceptors (Lipinski definition) is 3. The lowest BCUT2D eigenvalue weighted by atomic mass is 10.1. The molecule has 0 amide bonds. The number of rotatable bonds is 18. The van der Waals surface area contributed by atoms with Gasteiger partial charge >= 0.3 is 0 Å². The van der Waals surface area contributed by atoms with Gasteiger partial charge in [-0.1, -0.05) is 90.2 Å². The highest BCUT2D eigenvalue weighted by molar-refractivity contribution is 4.81. The third-order valence-electron chi connectivity index (χ3n) is 5.87. The third-order valence-corrected chi connectivity index (χ3v) is 5.87. The molecule has 1 saturated heterocycles. The summed E-state index contributed by atoms with van der Waals surface area (Å²) in [7, 11) is 0. The Balaban J connectivity index is 1.84. The zero-order valence-corrected chi connectivity index (χ0v) is 18.5. The summed E-state index contributed by atoms with van der Waals surface area (Å²) in [4.78, 5) is 2.44. The Kier molecular flexibility index (Phi) is 16.2. The largest absolute Gasteiger partial charge is 0.312 e. The molecule has 27 heavy (non-hydrogen) atoms. The summed E-state index contributed by atoms with van der Waals surface area (Å²) in [6, 6.07) is 0. The fourth-order valence-corrected chi connectivity index (χ4v) is 4.17. The van der Waals surface area contributed by atoms with Crippen molar-refractivity contribution in [2.45, 2.75) is 123 Å². The molecule has 0 aliphatic carbocycles. The van der Waals surface area contributed by atoms with Crippen LogP contribution in [0.1, 0.15) is 117 Å². The molecule has 0 aromatic heterocycles. The van der Waals surface area contributed by atoms with E-state index in [1.807, 2.05) is 0 Å². The maximum Gasteiger partial charge on any atom is 0.0866 e. The highest BCUT2D eigenvalue weighted by atomic mass is 16.5. The van der Waals surface area contributed by atoms with Crippen LogP contribution in [0.15, 0.2) is 12.2 Å². The number of unbranched alkanes of at least 4 members (excludes halogenated alkanes) is 12. The quantitative estimate of drug-likeness (QED) is 0.202. The smallest absolute Gasteiger partial charge is 0.0866 e.